The van der Waals surface area contributed by atoms with E-state index >= 15 is 0 Å². The highest BCUT2D eigenvalue weighted by Crippen LogP contribution is 2.29. The highest BCUT2D eigenvalue weighted by molar-refractivity contribution is 5.42. The van der Waals surface area contributed by atoms with Gasteiger partial charge < -0.3 is 19.5 Å². The Morgan fingerprint density at radius 2 is 1.90 bits per heavy atom. The minimum absolute atomic E-state index is 0.0549. The number of ether oxygens (including phenoxy) is 3. The monoisotopic (exact) mass is 311 g/mol. The van der Waals surface area contributed by atoms with Crippen LogP contribution in [0.25, 0.3) is 0 Å². The van der Waals surface area contributed by atoms with E-state index in [1.54, 1.807) is 6.07 Å². The molecule has 1 aromatic carbocycles. The van der Waals surface area contributed by atoms with Gasteiger partial charge in [-0.15, -0.1) is 0 Å². The third-order valence-corrected chi connectivity index (χ3v) is 2.44. The molecule has 0 radical (unpaired) electrons. The van der Waals surface area contributed by atoms with Crippen molar-refractivity contribution in [3.8, 4) is 11.5 Å². The summed E-state index contributed by atoms with van der Waals surface area (Å²) >= 11 is 0. The third kappa shape index (κ3) is 7.14. The second kappa shape index (κ2) is 9.41. The fourth-order valence-electron chi connectivity index (χ4n) is 1.57. The van der Waals surface area contributed by atoms with Gasteiger partial charge in [-0.1, -0.05) is 6.07 Å². The van der Waals surface area contributed by atoms with Crippen molar-refractivity contribution < 1.29 is 31.8 Å². The van der Waals surface area contributed by atoms with Crippen LogP contribution in [0.15, 0.2) is 18.2 Å². The van der Waals surface area contributed by atoms with Crippen LogP contribution in [0.1, 0.15) is 5.56 Å². The van der Waals surface area contributed by atoms with Crippen molar-refractivity contribution >= 4 is 0 Å². The summed E-state index contributed by atoms with van der Waals surface area (Å²) in [5.41, 5.74) is 0.695. The van der Waals surface area contributed by atoms with E-state index in [1.165, 1.54) is 19.2 Å². The molecule has 8 heteroatoms. The van der Waals surface area contributed by atoms with Gasteiger partial charge in [-0.2, -0.15) is 8.78 Å². The average Bonchev–Trinajstić information content (AvgIpc) is 2.42. The molecular formula is C13H17F4NO3. The van der Waals surface area contributed by atoms with Gasteiger partial charge in [0.05, 0.1) is 13.7 Å². The Morgan fingerprint density at radius 1 is 1.14 bits per heavy atom. The molecule has 0 fully saturated rings. The van der Waals surface area contributed by atoms with Crippen molar-refractivity contribution in [1.29, 1.82) is 0 Å². The van der Waals surface area contributed by atoms with Crippen LogP contribution in [-0.4, -0.2) is 39.9 Å². The summed E-state index contributed by atoms with van der Waals surface area (Å²) in [6, 6.07) is 4.63. The van der Waals surface area contributed by atoms with E-state index < -0.39 is 19.6 Å². The number of benzene rings is 1. The summed E-state index contributed by atoms with van der Waals surface area (Å²) in [7, 11) is 1.35. The van der Waals surface area contributed by atoms with E-state index in [0.717, 1.165) is 0 Å². The van der Waals surface area contributed by atoms with Gasteiger partial charge in [-0.25, -0.2) is 8.78 Å². The number of hydrogen-bond acceptors (Lipinski definition) is 4. The molecule has 0 heterocycles. The molecular weight excluding hydrogens is 294 g/mol. The smallest absolute Gasteiger partial charge is 0.387 e. The Labute approximate surface area is 120 Å². The molecule has 0 aliphatic heterocycles. The highest BCUT2D eigenvalue weighted by Gasteiger charge is 2.11. The number of nitrogens with one attached hydrogen (secondary N) is 1. The van der Waals surface area contributed by atoms with Gasteiger partial charge in [0.15, 0.2) is 11.5 Å². The van der Waals surface area contributed by atoms with E-state index in [1.807, 2.05) is 0 Å². The van der Waals surface area contributed by atoms with Crippen LogP contribution in [0, 0.1) is 0 Å². The third-order valence-electron chi connectivity index (χ3n) is 2.44. The van der Waals surface area contributed by atoms with Crippen LogP contribution in [0.2, 0.25) is 0 Å². The van der Waals surface area contributed by atoms with Crippen LogP contribution in [0.4, 0.5) is 17.6 Å². The molecule has 0 aliphatic rings. The predicted octanol–water partition coefficient (Wildman–Crippen LogP) is 2.67. The predicted molar refractivity (Wildman–Crippen MR) is 68.2 cm³/mol. The van der Waals surface area contributed by atoms with Crippen molar-refractivity contribution in [3.05, 3.63) is 23.8 Å². The molecule has 0 saturated heterocycles. The van der Waals surface area contributed by atoms with Gasteiger partial charge in [0.2, 0.25) is 0 Å². The van der Waals surface area contributed by atoms with Gasteiger partial charge in [-0.3, -0.25) is 0 Å². The molecule has 1 rings (SSSR count). The maximum Gasteiger partial charge on any atom is 0.387 e. The lowest BCUT2D eigenvalue weighted by Crippen LogP contribution is -2.20. The fraction of sp³-hybridized carbons (Fsp3) is 0.538. The topological polar surface area (TPSA) is 39.7 Å². The molecule has 0 atom stereocenters. The van der Waals surface area contributed by atoms with Crippen LogP contribution in [0.3, 0.4) is 0 Å². The summed E-state index contributed by atoms with van der Waals surface area (Å²) in [4.78, 5) is 0. The van der Waals surface area contributed by atoms with Crippen molar-refractivity contribution in [2.45, 2.75) is 19.6 Å². The Hall–Kier alpha value is -1.54. The molecule has 0 aliphatic carbocycles. The SMILES string of the molecule is COc1ccc(CNCCOCC(F)F)cc1OC(F)F. The quantitative estimate of drug-likeness (QED) is 0.533. The highest BCUT2D eigenvalue weighted by atomic mass is 19.3. The summed E-state index contributed by atoms with van der Waals surface area (Å²) in [5, 5.41) is 2.94. The Balaban J connectivity index is 2.41. The largest absolute Gasteiger partial charge is 0.493 e. The molecule has 0 unspecified atom stereocenters. The zero-order chi connectivity index (χ0) is 15.7. The minimum atomic E-state index is -2.94. The number of rotatable bonds is 10. The lowest BCUT2D eigenvalue weighted by Gasteiger charge is -2.12. The Morgan fingerprint density at radius 3 is 2.52 bits per heavy atom. The number of alkyl halides is 4. The van der Waals surface area contributed by atoms with E-state index in [4.69, 9.17) is 4.74 Å². The second-order valence-corrected chi connectivity index (χ2v) is 4.01. The van der Waals surface area contributed by atoms with Crippen LogP contribution >= 0.6 is 0 Å². The summed E-state index contributed by atoms with van der Waals surface area (Å²) in [5.74, 6) is 0.153. The molecule has 0 saturated carbocycles. The summed E-state index contributed by atoms with van der Waals surface area (Å²) < 4.78 is 62.1. The Bertz CT molecular complexity index is 418. The molecule has 0 aromatic heterocycles. The maximum absolute atomic E-state index is 12.3. The van der Waals surface area contributed by atoms with Gasteiger partial charge >= 0.3 is 6.61 Å². The number of halogens is 4. The summed E-state index contributed by atoms with van der Waals surface area (Å²) in [6.45, 7) is -2.67. The maximum atomic E-state index is 12.3. The molecule has 21 heavy (non-hydrogen) atoms. The van der Waals surface area contributed by atoms with E-state index in [9.17, 15) is 17.6 Å². The lowest BCUT2D eigenvalue weighted by atomic mass is 10.2. The number of hydrogen-bond donors (Lipinski definition) is 1. The van der Waals surface area contributed by atoms with Crippen molar-refractivity contribution in [2.75, 3.05) is 26.9 Å². The average molecular weight is 311 g/mol. The normalized spacial score (nSPS) is 11.2. The van der Waals surface area contributed by atoms with E-state index in [-0.39, 0.29) is 18.1 Å². The molecule has 1 N–H and O–H groups in total. The standard InChI is InChI=1S/C13H17F4NO3/c1-19-10-3-2-9(6-11(10)21-13(16)17)7-18-4-5-20-8-12(14)15/h2-3,6,12-13,18H,4-5,7-8H2,1H3. The Kier molecular flexibility index (Phi) is 7.84. The van der Waals surface area contributed by atoms with Gasteiger partial charge in [0.25, 0.3) is 6.43 Å². The summed E-state index contributed by atoms with van der Waals surface area (Å²) in [6.07, 6.45) is -2.49. The molecule has 1 aromatic rings. The first-order valence-corrected chi connectivity index (χ1v) is 6.21. The minimum Gasteiger partial charge on any atom is -0.493 e. The molecule has 120 valence electrons. The first-order valence-electron chi connectivity index (χ1n) is 6.21. The second-order valence-electron chi connectivity index (χ2n) is 4.01. The molecule has 0 amide bonds. The first-order chi connectivity index (χ1) is 10.0. The number of methoxy groups -OCH3 is 1. The van der Waals surface area contributed by atoms with Gasteiger partial charge in [0, 0.05) is 13.1 Å². The van der Waals surface area contributed by atoms with E-state index in [0.29, 0.717) is 18.7 Å². The van der Waals surface area contributed by atoms with Crippen LogP contribution in [0.5, 0.6) is 11.5 Å². The molecule has 0 spiro atoms. The van der Waals surface area contributed by atoms with Crippen molar-refractivity contribution in [3.63, 3.8) is 0 Å². The molecule has 4 nitrogen and oxygen atoms in total. The van der Waals surface area contributed by atoms with Crippen molar-refractivity contribution in [1.82, 2.24) is 5.32 Å². The van der Waals surface area contributed by atoms with E-state index in [2.05, 4.69) is 14.8 Å². The zero-order valence-corrected chi connectivity index (χ0v) is 11.5. The van der Waals surface area contributed by atoms with Gasteiger partial charge in [0.1, 0.15) is 6.61 Å². The first kappa shape index (κ1) is 17.5. The molecule has 0 bridgehead atoms. The van der Waals surface area contributed by atoms with Crippen molar-refractivity contribution in [2.24, 2.45) is 0 Å². The van der Waals surface area contributed by atoms with Crippen LogP contribution in [-0.2, 0) is 11.3 Å². The lowest BCUT2D eigenvalue weighted by molar-refractivity contribution is -0.0512. The van der Waals surface area contributed by atoms with Crippen LogP contribution < -0.4 is 14.8 Å². The van der Waals surface area contributed by atoms with Gasteiger partial charge in [-0.05, 0) is 17.7 Å². The zero-order valence-electron chi connectivity index (χ0n) is 11.5. The fourth-order valence-corrected chi connectivity index (χ4v) is 1.57.